The summed E-state index contributed by atoms with van der Waals surface area (Å²) in [7, 11) is 0. The first-order chi connectivity index (χ1) is 15.1. The summed E-state index contributed by atoms with van der Waals surface area (Å²) in [5.74, 6) is 0.145. The maximum Gasteiger partial charge on any atom is 0.228 e. The minimum atomic E-state index is 0.145. The van der Waals surface area contributed by atoms with Crippen molar-refractivity contribution in [3.63, 3.8) is 0 Å². The molecule has 2 aromatic carbocycles. The number of benzene rings is 2. The van der Waals surface area contributed by atoms with Gasteiger partial charge in [-0.05, 0) is 36.2 Å². The third kappa shape index (κ3) is 5.79. The van der Waals surface area contributed by atoms with Crippen LogP contribution in [0, 0.1) is 11.3 Å². The smallest absolute Gasteiger partial charge is 0.228 e. The van der Waals surface area contributed by atoms with Gasteiger partial charge in [0.2, 0.25) is 5.91 Å². The van der Waals surface area contributed by atoms with Crippen LogP contribution in [0.15, 0.2) is 58.4 Å². The first kappa shape index (κ1) is 21.7. The number of carbonyl (C=O) groups is 1. The van der Waals surface area contributed by atoms with E-state index in [2.05, 4.69) is 31.9 Å². The van der Waals surface area contributed by atoms with Crippen LogP contribution in [-0.4, -0.2) is 46.9 Å². The molecule has 0 spiro atoms. The van der Waals surface area contributed by atoms with Crippen LogP contribution in [0.1, 0.15) is 23.2 Å². The van der Waals surface area contributed by atoms with Crippen molar-refractivity contribution in [2.45, 2.75) is 19.4 Å². The molecule has 1 aliphatic rings. The molecule has 0 N–H and O–H groups in total. The van der Waals surface area contributed by atoms with Crippen molar-refractivity contribution in [2.75, 3.05) is 26.2 Å². The molecule has 1 aliphatic heterocycles. The van der Waals surface area contributed by atoms with Gasteiger partial charge in [-0.1, -0.05) is 40.2 Å². The lowest BCUT2D eigenvalue weighted by Crippen LogP contribution is -2.36. The number of carbonyl (C=O) groups excluding carboxylic acids is 1. The van der Waals surface area contributed by atoms with Crippen LogP contribution in [-0.2, 0) is 17.8 Å². The predicted molar refractivity (Wildman–Crippen MR) is 127 cm³/mol. The van der Waals surface area contributed by atoms with E-state index in [1.165, 1.54) is 5.56 Å². The lowest BCUT2D eigenvalue weighted by molar-refractivity contribution is -0.130. The third-order valence-electron chi connectivity index (χ3n) is 5.39. The van der Waals surface area contributed by atoms with Crippen LogP contribution in [0.25, 0.3) is 10.6 Å². The van der Waals surface area contributed by atoms with Gasteiger partial charge in [0, 0.05) is 48.1 Å². The van der Waals surface area contributed by atoms with E-state index in [4.69, 9.17) is 5.26 Å². The van der Waals surface area contributed by atoms with E-state index < -0.39 is 0 Å². The Balaban J connectivity index is 1.32. The van der Waals surface area contributed by atoms with Gasteiger partial charge in [0.25, 0.3) is 0 Å². The molecular formula is C24H23BrN4OS. The summed E-state index contributed by atoms with van der Waals surface area (Å²) in [5, 5.41) is 11.9. The van der Waals surface area contributed by atoms with Gasteiger partial charge in [0.15, 0.2) is 0 Å². The zero-order valence-electron chi connectivity index (χ0n) is 17.1. The molecule has 0 unspecified atom stereocenters. The first-order valence-corrected chi connectivity index (χ1v) is 12.0. The zero-order chi connectivity index (χ0) is 21.6. The fourth-order valence-electron chi connectivity index (χ4n) is 3.73. The van der Waals surface area contributed by atoms with E-state index in [9.17, 15) is 4.79 Å². The Bertz CT molecular complexity index is 1090. The number of aromatic nitrogens is 1. The Labute approximate surface area is 195 Å². The largest absolute Gasteiger partial charge is 0.341 e. The van der Waals surface area contributed by atoms with Crippen LogP contribution in [0.4, 0.5) is 0 Å². The van der Waals surface area contributed by atoms with Crippen LogP contribution in [0.5, 0.6) is 0 Å². The Kier molecular flexibility index (Phi) is 7.13. The van der Waals surface area contributed by atoms with Crippen molar-refractivity contribution in [3.8, 4) is 16.6 Å². The standard InChI is InChI=1S/C24H23BrN4OS/c25-21-4-1-3-20(13-21)24-27-22(17-31-24)14-23(30)29-10-2-9-28(11-12-29)16-19-7-5-18(15-26)6-8-19/h1,3-8,13,17H,2,9-12,14,16H2. The molecule has 5 nitrogen and oxygen atoms in total. The maximum absolute atomic E-state index is 12.9. The molecule has 0 aliphatic carbocycles. The third-order valence-corrected chi connectivity index (χ3v) is 6.82. The minimum absolute atomic E-state index is 0.145. The number of amides is 1. The van der Waals surface area contributed by atoms with Crippen LogP contribution in [0.2, 0.25) is 0 Å². The average molecular weight is 495 g/mol. The summed E-state index contributed by atoms with van der Waals surface area (Å²) < 4.78 is 1.02. The van der Waals surface area contributed by atoms with Crippen LogP contribution < -0.4 is 0 Å². The zero-order valence-corrected chi connectivity index (χ0v) is 19.5. The van der Waals surface area contributed by atoms with E-state index in [1.807, 2.05) is 58.8 Å². The summed E-state index contributed by atoms with van der Waals surface area (Å²) >= 11 is 5.07. The molecule has 3 aromatic rings. The van der Waals surface area contributed by atoms with E-state index >= 15 is 0 Å². The minimum Gasteiger partial charge on any atom is -0.341 e. The SMILES string of the molecule is N#Cc1ccc(CN2CCCN(C(=O)Cc3csc(-c4cccc(Br)c4)n3)CC2)cc1. The number of halogens is 1. The highest BCUT2D eigenvalue weighted by Crippen LogP contribution is 2.26. The van der Waals surface area contributed by atoms with Crippen LogP contribution >= 0.6 is 27.3 Å². The lowest BCUT2D eigenvalue weighted by atomic mass is 10.1. The molecule has 0 radical (unpaired) electrons. The molecule has 0 bridgehead atoms. The lowest BCUT2D eigenvalue weighted by Gasteiger charge is -2.22. The molecule has 1 fully saturated rings. The van der Waals surface area contributed by atoms with Gasteiger partial charge in [0.05, 0.1) is 23.7 Å². The van der Waals surface area contributed by atoms with Gasteiger partial charge in [-0.25, -0.2) is 4.98 Å². The second-order valence-corrected chi connectivity index (χ2v) is 9.42. The molecule has 0 atom stereocenters. The van der Waals surface area contributed by atoms with Gasteiger partial charge in [-0.3, -0.25) is 9.69 Å². The molecule has 7 heteroatoms. The highest BCUT2D eigenvalue weighted by Gasteiger charge is 2.20. The maximum atomic E-state index is 12.9. The Hall–Kier alpha value is -2.53. The Morgan fingerprint density at radius 3 is 2.74 bits per heavy atom. The summed E-state index contributed by atoms with van der Waals surface area (Å²) in [6.07, 6.45) is 1.31. The van der Waals surface area contributed by atoms with E-state index in [-0.39, 0.29) is 5.91 Å². The quantitative estimate of drug-likeness (QED) is 0.514. The number of hydrogen-bond donors (Lipinski definition) is 0. The van der Waals surface area contributed by atoms with Gasteiger partial charge in [-0.15, -0.1) is 11.3 Å². The van der Waals surface area contributed by atoms with E-state index in [1.54, 1.807) is 11.3 Å². The van der Waals surface area contributed by atoms with Crippen molar-refractivity contribution in [1.82, 2.24) is 14.8 Å². The Morgan fingerprint density at radius 1 is 1.13 bits per heavy atom. The number of nitrogens with zero attached hydrogens (tertiary/aromatic N) is 4. The highest BCUT2D eigenvalue weighted by molar-refractivity contribution is 9.10. The summed E-state index contributed by atoms with van der Waals surface area (Å²) in [6.45, 7) is 4.18. The molecule has 0 saturated carbocycles. The number of hydrogen-bond acceptors (Lipinski definition) is 5. The monoisotopic (exact) mass is 494 g/mol. The first-order valence-electron chi connectivity index (χ1n) is 10.3. The summed E-state index contributed by atoms with van der Waals surface area (Å²) in [6, 6.07) is 18.0. The molecule has 158 valence electrons. The molecular weight excluding hydrogens is 472 g/mol. The molecule has 2 heterocycles. The number of thiazole rings is 1. The normalized spacial score (nSPS) is 14.8. The summed E-state index contributed by atoms with van der Waals surface area (Å²) in [4.78, 5) is 21.9. The summed E-state index contributed by atoms with van der Waals surface area (Å²) in [5.41, 5.74) is 3.78. The fourth-order valence-corrected chi connectivity index (χ4v) is 4.95. The highest BCUT2D eigenvalue weighted by atomic mass is 79.9. The van der Waals surface area contributed by atoms with Crippen molar-refractivity contribution in [3.05, 3.63) is 75.2 Å². The Morgan fingerprint density at radius 2 is 1.97 bits per heavy atom. The molecule has 4 rings (SSSR count). The molecule has 1 saturated heterocycles. The van der Waals surface area contributed by atoms with E-state index in [0.717, 1.165) is 59.9 Å². The van der Waals surface area contributed by atoms with Crippen molar-refractivity contribution < 1.29 is 4.79 Å². The van der Waals surface area contributed by atoms with Gasteiger partial charge >= 0.3 is 0 Å². The topological polar surface area (TPSA) is 60.2 Å². The van der Waals surface area contributed by atoms with Crippen molar-refractivity contribution in [2.24, 2.45) is 0 Å². The molecule has 1 amide bonds. The average Bonchev–Trinajstić information content (AvgIpc) is 3.12. The van der Waals surface area contributed by atoms with Gasteiger partial charge in [-0.2, -0.15) is 5.26 Å². The second-order valence-electron chi connectivity index (χ2n) is 7.65. The van der Waals surface area contributed by atoms with Gasteiger partial charge in [0.1, 0.15) is 5.01 Å². The van der Waals surface area contributed by atoms with Gasteiger partial charge < -0.3 is 4.90 Å². The predicted octanol–water partition coefficient (Wildman–Crippen LogP) is 4.72. The van der Waals surface area contributed by atoms with Crippen molar-refractivity contribution >= 4 is 33.2 Å². The van der Waals surface area contributed by atoms with E-state index in [0.29, 0.717) is 12.0 Å². The number of rotatable bonds is 5. The second kappa shape index (κ2) is 10.2. The number of nitriles is 1. The van der Waals surface area contributed by atoms with Crippen molar-refractivity contribution in [1.29, 1.82) is 5.26 Å². The molecule has 31 heavy (non-hydrogen) atoms. The molecule has 1 aromatic heterocycles. The fraction of sp³-hybridized carbons (Fsp3) is 0.292. The van der Waals surface area contributed by atoms with Crippen LogP contribution in [0.3, 0.4) is 0 Å².